The predicted molar refractivity (Wildman–Crippen MR) is 111 cm³/mol. The fraction of sp³-hybridized carbons (Fsp3) is 0.476. The van der Waals surface area contributed by atoms with E-state index in [1.54, 1.807) is 4.90 Å². The molecule has 3 amide bonds. The molecule has 2 aromatic rings. The molecule has 4 rings (SSSR count). The van der Waals surface area contributed by atoms with Crippen LogP contribution in [0.15, 0.2) is 24.3 Å². The number of fused-ring (bicyclic) bond motifs is 1. The van der Waals surface area contributed by atoms with Gasteiger partial charge in [-0.05, 0) is 18.6 Å². The van der Waals surface area contributed by atoms with Crippen molar-refractivity contribution in [3.63, 3.8) is 0 Å². The number of aryl methyl sites for hydroxylation is 1. The molecule has 30 heavy (non-hydrogen) atoms. The van der Waals surface area contributed by atoms with Crippen LogP contribution in [0.4, 0.5) is 10.5 Å². The van der Waals surface area contributed by atoms with Crippen molar-refractivity contribution in [1.82, 2.24) is 20.0 Å². The van der Waals surface area contributed by atoms with Crippen molar-refractivity contribution in [2.75, 3.05) is 44.8 Å². The van der Waals surface area contributed by atoms with E-state index in [1.807, 2.05) is 35.9 Å². The highest BCUT2D eigenvalue weighted by atomic mass is 16.5. The van der Waals surface area contributed by atoms with Crippen LogP contribution >= 0.6 is 0 Å². The molecule has 2 aliphatic rings. The van der Waals surface area contributed by atoms with Gasteiger partial charge in [0.05, 0.1) is 33.0 Å². The maximum atomic E-state index is 13.0. The van der Waals surface area contributed by atoms with E-state index in [0.717, 1.165) is 22.5 Å². The molecule has 0 radical (unpaired) electrons. The second kappa shape index (κ2) is 9.27. The molecule has 0 spiro atoms. The van der Waals surface area contributed by atoms with E-state index >= 15 is 0 Å². The number of hydrogen-bond acceptors (Lipinski definition) is 5. The van der Waals surface area contributed by atoms with Crippen LogP contribution in [0.3, 0.4) is 0 Å². The molecular weight excluding hydrogens is 386 g/mol. The Morgan fingerprint density at radius 1 is 1.13 bits per heavy atom. The monoisotopic (exact) mass is 413 g/mol. The van der Waals surface area contributed by atoms with Gasteiger partial charge in [0.25, 0.3) is 5.91 Å². The van der Waals surface area contributed by atoms with E-state index in [4.69, 9.17) is 9.47 Å². The van der Waals surface area contributed by atoms with Gasteiger partial charge in [-0.1, -0.05) is 18.2 Å². The van der Waals surface area contributed by atoms with Gasteiger partial charge in [-0.25, -0.2) is 4.79 Å². The minimum Gasteiger partial charge on any atom is -0.378 e. The van der Waals surface area contributed by atoms with Gasteiger partial charge in [-0.15, -0.1) is 0 Å². The molecule has 1 aromatic carbocycles. The number of hydrogen-bond donors (Lipinski definition) is 2. The van der Waals surface area contributed by atoms with Gasteiger partial charge in [-0.3, -0.25) is 9.48 Å². The molecule has 0 atom stereocenters. The van der Waals surface area contributed by atoms with Crippen LogP contribution in [-0.2, 0) is 29.0 Å². The van der Waals surface area contributed by atoms with Crippen molar-refractivity contribution in [1.29, 1.82) is 0 Å². The molecule has 3 heterocycles. The highest BCUT2D eigenvalue weighted by molar-refractivity contribution is 5.94. The number of carbonyl (C=O) groups excluding carboxylic acids is 2. The number of morpholine rings is 1. The number of rotatable bonds is 5. The van der Waals surface area contributed by atoms with Crippen LogP contribution < -0.4 is 10.6 Å². The van der Waals surface area contributed by atoms with Gasteiger partial charge < -0.3 is 25.0 Å². The van der Waals surface area contributed by atoms with Crippen molar-refractivity contribution >= 4 is 17.6 Å². The SMILES string of the molecule is Cc1ccccc1NC(=O)NCCn1nc(C(=O)N2CCOCC2)c2c1CCOC2. The van der Waals surface area contributed by atoms with Crippen LogP contribution in [0.2, 0.25) is 0 Å². The molecule has 0 aliphatic carbocycles. The maximum absolute atomic E-state index is 13.0. The predicted octanol–water partition coefficient (Wildman–Crippen LogP) is 1.56. The summed E-state index contributed by atoms with van der Waals surface area (Å²) in [5, 5.41) is 10.3. The van der Waals surface area contributed by atoms with Crippen molar-refractivity contribution in [2.24, 2.45) is 0 Å². The Bertz CT molecular complexity index is 920. The minimum atomic E-state index is -0.265. The second-order valence-electron chi connectivity index (χ2n) is 7.40. The summed E-state index contributed by atoms with van der Waals surface area (Å²) in [5.74, 6) is -0.0796. The summed E-state index contributed by atoms with van der Waals surface area (Å²) in [4.78, 5) is 27.0. The quantitative estimate of drug-likeness (QED) is 0.775. The Morgan fingerprint density at radius 2 is 1.93 bits per heavy atom. The largest absolute Gasteiger partial charge is 0.378 e. The number of carbonyl (C=O) groups is 2. The normalized spacial score (nSPS) is 16.1. The van der Waals surface area contributed by atoms with E-state index in [-0.39, 0.29) is 11.9 Å². The Morgan fingerprint density at radius 3 is 2.73 bits per heavy atom. The molecule has 0 bridgehead atoms. The number of nitrogens with zero attached hydrogens (tertiary/aromatic N) is 3. The van der Waals surface area contributed by atoms with Crippen LogP contribution in [0, 0.1) is 6.92 Å². The highest BCUT2D eigenvalue weighted by Gasteiger charge is 2.29. The summed E-state index contributed by atoms with van der Waals surface area (Å²) >= 11 is 0. The second-order valence-corrected chi connectivity index (χ2v) is 7.40. The first kappa shape index (κ1) is 20.4. The molecule has 1 saturated heterocycles. The smallest absolute Gasteiger partial charge is 0.319 e. The lowest BCUT2D eigenvalue weighted by Crippen LogP contribution is -2.41. The van der Waals surface area contributed by atoms with E-state index in [9.17, 15) is 9.59 Å². The van der Waals surface area contributed by atoms with E-state index in [1.165, 1.54) is 0 Å². The van der Waals surface area contributed by atoms with Gasteiger partial charge in [0, 0.05) is 43.0 Å². The molecule has 2 aliphatic heterocycles. The lowest BCUT2D eigenvalue weighted by Gasteiger charge is -2.26. The Hall–Kier alpha value is -2.91. The van der Waals surface area contributed by atoms with Gasteiger partial charge >= 0.3 is 6.03 Å². The number of para-hydroxylation sites is 1. The zero-order chi connectivity index (χ0) is 20.9. The molecule has 1 aromatic heterocycles. The average Bonchev–Trinajstić information content (AvgIpc) is 3.14. The summed E-state index contributed by atoms with van der Waals surface area (Å²) in [6, 6.07) is 7.36. The number of ether oxygens (including phenoxy) is 2. The van der Waals surface area contributed by atoms with Gasteiger partial charge in [0.1, 0.15) is 0 Å². The van der Waals surface area contributed by atoms with Crippen molar-refractivity contribution in [2.45, 2.75) is 26.5 Å². The fourth-order valence-electron chi connectivity index (χ4n) is 3.74. The number of nitrogens with one attached hydrogen (secondary N) is 2. The van der Waals surface area contributed by atoms with Gasteiger partial charge in [-0.2, -0.15) is 5.10 Å². The summed E-state index contributed by atoms with van der Waals surface area (Å²) in [7, 11) is 0. The van der Waals surface area contributed by atoms with Crippen LogP contribution in [-0.4, -0.2) is 66.1 Å². The van der Waals surface area contributed by atoms with E-state index in [0.29, 0.717) is 64.7 Å². The third-order valence-corrected chi connectivity index (χ3v) is 5.40. The average molecular weight is 413 g/mol. The van der Waals surface area contributed by atoms with Crippen LogP contribution in [0.5, 0.6) is 0 Å². The van der Waals surface area contributed by atoms with Crippen molar-refractivity contribution in [3.05, 3.63) is 46.8 Å². The molecule has 9 heteroatoms. The summed E-state index contributed by atoms with van der Waals surface area (Å²) < 4.78 is 12.8. The summed E-state index contributed by atoms with van der Waals surface area (Å²) in [6.45, 7) is 6.06. The highest BCUT2D eigenvalue weighted by Crippen LogP contribution is 2.22. The first-order valence-corrected chi connectivity index (χ1v) is 10.3. The molecule has 0 saturated carbocycles. The topological polar surface area (TPSA) is 97.7 Å². The molecule has 160 valence electrons. The molecule has 2 N–H and O–H groups in total. The zero-order valence-electron chi connectivity index (χ0n) is 17.1. The molecular formula is C21H27N5O4. The summed E-state index contributed by atoms with van der Waals surface area (Å²) in [6.07, 6.45) is 0.703. The third kappa shape index (κ3) is 4.47. The maximum Gasteiger partial charge on any atom is 0.319 e. The number of anilines is 1. The molecule has 1 fully saturated rings. The van der Waals surface area contributed by atoms with Gasteiger partial charge in [0.15, 0.2) is 5.69 Å². The molecule has 9 nitrogen and oxygen atoms in total. The Kier molecular flexibility index (Phi) is 6.29. The first-order valence-electron chi connectivity index (χ1n) is 10.3. The number of amides is 3. The van der Waals surface area contributed by atoms with Crippen LogP contribution in [0.25, 0.3) is 0 Å². The number of aromatic nitrogens is 2. The lowest BCUT2D eigenvalue weighted by molar-refractivity contribution is 0.0294. The number of benzene rings is 1. The van der Waals surface area contributed by atoms with E-state index in [2.05, 4.69) is 15.7 Å². The summed E-state index contributed by atoms with van der Waals surface area (Å²) in [5.41, 5.74) is 4.11. The Labute approximate surface area is 175 Å². The lowest BCUT2D eigenvalue weighted by atomic mass is 10.1. The Balaban J connectivity index is 1.40. The van der Waals surface area contributed by atoms with Crippen molar-refractivity contribution < 1.29 is 19.1 Å². The number of urea groups is 1. The van der Waals surface area contributed by atoms with Crippen molar-refractivity contribution in [3.8, 4) is 0 Å². The molecule has 0 unspecified atom stereocenters. The van der Waals surface area contributed by atoms with Crippen LogP contribution in [0.1, 0.15) is 27.3 Å². The van der Waals surface area contributed by atoms with E-state index < -0.39 is 0 Å². The third-order valence-electron chi connectivity index (χ3n) is 5.40. The standard InChI is InChI=1S/C21H27N5O4/c1-15-4-2-3-5-17(15)23-21(28)22-7-8-26-18-6-11-30-14-16(18)19(24-26)20(27)25-9-12-29-13-10-25/h2-5H,6-14H2,1H3,(H2,22,23,28). The fourth-order valence-corrected chi connectivity index (χ4v) is 3.74. The zero-order valence-corrected chi connectivity index (χ0v) is 17.1. The first-order chi connectivity index (χ1) is 14.6. The van der Waals surface area contributed by atoms with Gasteiger partial charge in [0.2, 0.25) is 0 Å². The minimum absolute atomic E-state index is 0.0796.